The minimum atomic E-state index is -3.14. The number of carbonyl (C=O) groups is 2. The Morgan fingerprint density at radius 1 is 1.38 bits per heavy atom. The third-order valence-corrected chi connectivity index (χ3v) is 4.34. The van der Waals surface area contributed by atoms with E-state index in [4.69, 9.17) is 10.5 Å². The molecule has 1 atom stereocenters. The van der Waals surface area contributed by atoms with E-state index in [0.717, 1.165) is 0 Å². The van der Waals surface area contributed by atoms with Gasteiger partial charge in [0, 0.05) is 23.1 Å². The number of rotatable bonds is 2. The molecular weight excluding hydrogens is 412 g/mol. The predicted octanol–water partition coefficient (Wildman–Crippen LogP) is 3.41. The van der Waals surface area contributed by atoms with Gasteiger partial charge in [-0.3, -0.25) is 4.79 Å². The number of nitrogens with one attached hydrogen (secondary N) is 1. The third kappa shape index (κ3) is 5.06. The van der Waals surface area contributed by atoms with Crippen molar-refractivity contribution >= 4 is 33.6 Å². The Labute approximate surface area is 159 Å². The quantitative estimate of drug-likeness (QED) is 0.699. The average Bonchev–Trinajstić information content (AvgIpc) is 2.47. The highest BCUT2D eigenvalue weighted by atomic mass is 79.9. The van der Waals surface area contributed by atoms with E-state index in [1.54, 1.807) is 26.8 Å². The summed E-state index contributed by atoms with van der Waals surface area (Å²) in [6, 6.07) is 3.03. The standard InChI is InChI=1S/C17H22BrF2N3O3/c1-16(2,3)26-15(25)23-7-6-17(19,20)13(9-23)22-14(24)11-5-4-10(18)8-12(11)21/h4-5,8,13H,6-7,9,21H2,1-3H3,(H,22,24). The summed E-state index contributed by atoms with van der Waals surface area (Å²) in [6.45, 7) is 4.59. The van der Waals surface area contributed by atoms with E-state index >= 15 is 0 Å². The van der Waals surface area contributed by atoms with Crippen LogP contribution in [0.4, 0.5) is 19.3 Å². The van der Waals surface area contributed by atoms with E-state index < -0.39 is 36.0 Å². The van der Waals surface area contributed by atoms with Gasteiger partial charge in [-0.05, 0) is 39.0 Å². The lowest BCUT2D eigenvalue weighted by Crippen LogP contribution is -2.60. The van der Waals surface area contributed by atoms with Crippen molar-refractivity contribution in [2.45, 2.75) is 44.8 Å². The summed E-state index contributed by atoms with van der Waals surface area (Å²) in [6.07, 6.45) is -1.25. The molecular formula is C17H22BrF2N3O3. The number of likely N-dealkylation sites (tertiary alicyclic amines) is 1. The van der Waals surface area contributed by atoms with Gasteiger partial charge < -0.3 is 20.7 Å². The zero-order valence-electron chi connectivity index (χ0n) is 14.8. The van der Waals surface area contributed by atoms with Gasteiger partial charge in [0.1, 0.15) is 11.6 Å². The SMILES string of the molecule is CC(C)(C)OC(=O)N1CCC(F)(F)C(NC(=O)c2ccc(Br)cc2N)C1. The Morgan fingerprint density at radius 2 is 2.04 bits per heavy atom. The topological polar surface area (TPSA) is 84.7 Å². The molecule has 1 saturated heterocycles. The second kappa shape index (κ2) is 7.38. The Morgan fingerprint density at radius 3 is 2.62 bits per heavy atom. The fraction of sp³-hybridized carbons (Fsp3) is 0.529. The molecule has 26 heavy (non-hydrogen) atoms. The second-order valence-corrected chi connectivity index (χ2v) is 8.11. The molecule has 2 amide bonds. The summed E-state index contributed by atoms with van der Waals surface area (Å²) in [5.41, 5.74) is 5.31. The van der Waals surface area contributed by atoms with Crippen molar-refractivity contribution in [3.8, 4) is 0 Å². The van der Waals surface area contributed by atoms with Crippen molar-refractivity contribution < 1.29 is 23.1 Å². The highest BCUT2D eigenvalue weighted by Crippen LogP contribution is 2.30. The van der Waals surface area contributed by atoms with Gasteiger partial charge in [-0.2, -0.15) is 0 Å². The molecule has 9 heteroatoms. The van der Waals surface area contributed by atoms with Crippen LogP contribution >= 0.6 is 15.9 Å². The number of nitrogens with two attached hydrogens (primary N) is 1. The van der Waals surface area contributed by atoms with E-state index in [9.17, 15) is 18.4 Å². The first-order valence-electron chi connectivity index (χ1n) is 8.11. The highest BCUT2D eigenvalue weighted by Gasteiger charge is 2.46. The molecule has 1 heterocycles. The molecule has 1 unspecified atom stereocenters. The van der Waals surface area contributed by atoms with Crippen molar-refractivity contribution in [2.75, 3.05) is 18.8 Å². The van der Waals surface area contributed by atoms with Crippen molar-refractivity contribution in [3.63, 3.8) is 0 Å². The molecule has 1 aliphatic heterocycles. The van der Waals surface area contributed by atoms with Crippen LogP contribution in [0, 0.1) is 0 Å². The van der Waals surface area contributed by atoms with Crippen LogP contribution in [-0.4, -0.2) is 47.6 Å². The number of nitrogen functional groups attached to an aromatic ring is 1. The van der Waals surface area contributed by atoms with Crippen molar-refractivity contribution in [2.24, 2.45) is 0 Å². The monoisotopic (exact) mass is 433 g/mol. The van der Waals surface area contributed by atoms with Gasteiger partial charge in [0.15, 0.2) is 0 Å². The summed E-state index contributed by atoms with van der Waals surface area (Å²) in [4.78, 5) is 25.7. The zero-order valence-corrected chi connectivity index (χ0v) is 16.4. The van der Waals surface area contributed by atoms with Crippen LogP contribution in [0.1, 0.15) is 37.6 Å². The van der Waals surface area contributed by atoms with E-state index in [-0.39, 0.29) is 24.3 Å². The molecule has 0 saturated carbocycles. The molecule has 144 valence electrons. The van der Waals surface area contributed by atoms with E-state index in [1.165, 1.54) is 17.0 Å². The number of halogens is 3. The average molecular weight is 434 g/mol. The summed E-state index contributed by atoms with van der Waals surface area (Å²) >= 11 is 3.22. The molecule has 0 spiro atoms. The summed E-state index contributed by atoms with van der Waals surface area (Å²) in [5, 5.41) is 2.30. The number of anilines is 1. The van der Waals surface area contributed by atoms with Crippen molar-refractivity contribution in [3.05, 3.63) is 28.2 Å². The Hall–Kier alpha value is -1.90. The first-order chi connectivity index (χ1) is 11.9. The number of carbonyl (C=O) groups excluding carboxylic acids is 2. The molecule has 0 aromatic heterocycles. The molecule has 0 bridgehead atoms. The molecule has 1 aromatic rings. The van der Waals surface area contributed by atoms with Gasteiger partial charge in [-0.15, -0.1) is 0 Å². The molecule has 1 aliphatic rings. The number of hydrogen-bond donors (Lipinski definition) is 2. The molecule has 0 radical (unpaired) electrons. The van der Waals surface area contributed by atoms with Gasteiger partial charge in [0.05, 0.1) is 12.1 Å². The molecule has 3 N–H and O–H groups in total. The number of ether oxygens (including phenoxy) is 1. The minimum absolute atomic E-state index is 0.0957. The molecule has 6 nitrogen and oxygen atoms in total. The van der Waals surface area contributed by atoms with Crippen LogP contribution in [0.25, 0.3) is 0 Å². The van der Waals surface area contributed by atoms with Gasteiger partial charge in [0.2, 0.25) is 0 Å². The van der Waals surface area contributed by atoms with Crippen LogP contribution in [-0.2, 0) is 4.74 Å². The number of benzene rings is 1. The van der Waals surface area contributed by atoms with E-state index in [2.05, 4.69) is 21.2 Å². The maximum Gasteiger partial charge on any atom is 0.410 e. The van der Waals surface area contributed by atoms with Crippen LogP contribution in [0.2, 0.25) is 0 Å². The molecule has 2 rings (SSSR count). The Balaban J connectivity index is 2.12. The first kappa shape index (κ1) is 20.4. The van der Waals surface area contributed by atoms with Gasteiger partial charge in [-0.25, -0.2) is 13.6 Å². The summed E-state index contributed by atoms with van der Waals surface area (Å²) in [5.74, 6) is -3.86. The highest BCUT2D eigenvalue weighted by molar-refractivity contribution is 9.10. The first-order valence-corrected chi connectivity index (χ1v) is 8.90. The molecule has 1 aromatic carbocycles. The fourth-order valence-electron chi connectivity index (χ4n) is 2.52. The zero-order chi connectivity index (χ0) is 19.7. The lowest BCUT2D eigenvalue weighted by molar-refractivity contribution is -0.0820. The number of hydrogen-bond acceptors (Lipinski definition) is 4. The Bertz CT molecular complexity index is 707. The van der Waals surface area contributed by atoms with Crippen LogP contribution in [0.15, 0.2) is 22.7 Å². The van der Waals surface area contributed by atoms with Crippen LogP contribution in [0.3, 0.4) is 0 Å². The minimum Gasteiger partial charge on any atom is -0.444 e. The van der Waals surface area contributed by atoms with E-state index in [1.807, 2.05) is 0 Å². The number of piperidine rings is 1. The lowest BCUT2D eigenvalue weighted by Gasteiger charge is -2.39. The van der Waals surface area contributed by atoms with Gasteiger partial charge in [0.25, 0.3) is 11.8 Å². The van der Waals surface area contributed by atoms with Gasteiger partial charge >= 0.3 is 6.09 Å². The lowest BCUT2D eigenvalue weighted by atomic mass is 10.0. The third-order valence-electron chi connectivity index (χ3n) is 3.84. The smallest absolute Gasteiger partial charge is 0.410 e. The second-order valence-electron chi connectivity index (χ2n) is 7.20. The number of nitrogens with zero attached hydrogens (tertiary/aromatic N) is 1. The number of amides is 2. The van der Waals surface area contributed by atoms with Gasteiger partial charge in [-0.1, -0.05) is 15.9 Å². The van der Waals surface area contributed by atoms with Crippen LogP contribution in [0.5, 0.6) is 0 Å². The molecule has 0 aliphatic carbocycles. The normalized spacial score (nSPS) is 19.8. The Kier molecular flexibility index (Phi) is 5.79. The van der Waals surface area contributed by atoms with E-state index in [0.29, 0.717) is 4.47 Å². The van der Waals surface area contributed by atoms with Crippen molar-refractivity contribution in [1.82, 2.24) is 10.2 Å². The largest absolute Gasteiger partial charge is 0.444 e. The van der Waals surface area contributed by atoms with Crippen LogP contribution < -0.4 is 11.1 Å². The summed E-state index contributed by atoms with van der Waals surface area (Å²) in [7, 11) is 0. The van der Waals surface area contributed by atoms with Crippen molar-refractivity contribution in [1.29, 1.82) is 0 Å². The predicted molar refractivity (Wildman–Crippen MR) is 97.2 cm³/mol. The fourth-order valence-corrected chi connectivity index (χ4v) is 2.90. The summed E-state index contributed by atoms with van der Waals surface area (Å²) < 4.78 is 34.4. The maximum absolute atomic E-state index is 14.3. The maximum atomic E-state index is 14.3. The molecule has 1 fully saturated rings. The number of alkyl halides is 2.